The first kappa shape index (κ1) is 18.7. The zero-order valence-electron chi connectivity index (χ0n) is 14.7. The molecule has 1 saturated heterocycles. The third-order valence-electron chi connectivity index (χ3n) is 4.29. The normalized spacial score (nSPS) is 16.8. The summed E-state index contributed by atoms with van der Waals surface area (Å²) < 4.78 is 33.1. The van der Waals surface area contributed by atoms with E-state index >= 15 is 0 Å². The van der Waals surface area contributed by atoms with Crippen LogP contribution in [0.25, 0.3) is 0 Å². The average Bonchev–Trinajstić information content (AvgIpc) is 3.43. The van der Waals surface area contributed by atoms with Crippen molar-refractivity contribution in [1.29, 1.82) is 0 Å². The number of amides is 1. The molecule has 1 atom stereocenters. The van der Waals surface area contributed by atoms with Gasteiger partial charge < -0.3 is 15.1 Å². The number of thiophene rings is 1. The van der Waals surface area contributed by atoms with E-state index in [1.165, 1.54) is 12.3 Å². The van der Waals surface area contributed by atoms with Gasteiger partial charge in [0.1, 0.15) is 10.5 Å². The molecule has 2 aromatic heterocycles. The first-order chi connectivity index (χ1) is 13.5. The molecule has 0 bridgehead atoms. The fourth-order valence-electron chi connectivity index (χ4n) is 2.93. The van der Waals surface area contributed by atoms with E-state index in [9.17, 15) is 13.2 Å². The molecule has 0 aliphatic carbocycles. The number of anilines is 2. The lowest BCUT2D eigenvalue weighted by atomic mass is 10.2. The van der Waals surface area contributed by atoms with E-state index < -0.39 is 15.9 Å². The molecule has 10 heteroatoms. The number of sulfonamides is 1. The van der Waals surface area contributed by atoms with Crippen molar-refractivity contribution in [2.75, 3.05) is 16.6 Å². The van der Waals surface area contributed by atoms with Crippen LogP contribution in [0.3, 0.4) is 0 Å². The molecular formula is C18H18N4O4S2. The predicted octanol–water partition coefficient (Wildman–Crippen LogP) is 3.21. The quantitative estimate of drug-likeness (QED) is 0.566. The molecule has 8 nitrogen and oxygen atoms in total. The molecule has 28 heavy (non-hydrogen) atoms. The molecule has 0 unspecified atom stereocenters. The summed E-state index contributed by atoms with van der Waals surface area (Å²) in [5.74, 6) is 0.00472. The summed E-state index contributed by atoms with van der Waals surface area (Å²) in [6.07, 6.45) is 3.25. The van der Waals surface area contributed by atoms with Crippen molar-refractivity contribution in [3.05, 3.63) is 59.6 Å². The van der Waals surface area contributed by atoms with E-state index in [1.54, 1.807) is 35.7 Å². The number of benzene rings is 1. The number of para-hydroxylation sites is 2. The number of rotatable bonds is 6. The molecule has 4 rings (SSSR count). The highest BCUT2D eigenvalue weighted by Gasteiger charge is 2.23. The SMILES string of the molecule is O=C(Nc1ccccc1NS(=O)(=O)c1cccs1)c1coc([C@@H]2CCCN2)n1. The van der Waals surface area contributed by atoms with Crippen molar-refractivity contribution in [2.24, 2.45) is 0 Å². The summed E-state index contributed by atoms with van der Waals surface area (Å²) in [4.78, 5) is 16.8. The van der Waals surface area contributed by atoms with Crippen LogP contribution < -0.4 is 15.4 Å². The second-order valence-corrected chi connectivity index (χ2v) is 9.11. The number of hydrogen-bond donors (Lipinski definition) is 3. The van der Waals surface area contributed by atoms with Crippen LogP contribution in [-0.4, -0.2) is 25.9 Å². The topological polar surface area (TPSA) is 113 Å². The Morgan fingerprint density at radius 3 is 2.75 bits per heavy atom. The molecular weight excluding hydrogens is 400 g/mol. The third-order valence-corrected chi connectivity index (χ3v) is 7.06. The standard InChI is InChI=1S/C18H18N4O4S2/c23-17(15-11-26-18(21-15)14-7-3-9-19-14)20-12-5-1-2-6-13(12)22-28(24,25)16-8-4-10-27-16/h1-2,4-6,8,10-11,14,19,22H,3,7,9H2,(H,20,23)/t14-/m0/s1. The summed E-state index contributed by atoms with van der Waals surface area (Å²) in [6.45, 7) is 0.895. The smallest absolute Gasteiger partial charge is 0.277 e. The average molecular weight is 419 g/mol. The lowest BCUT2D eigenvalue weighted by Crippen LogP contribution is -2.17. The van der Waals surface area contributed by atoms with Crippen LogP contribution in [0.4, 0.5) is 11.4 Å². The van der Waals surface area contributed by atoms with Crippen molar-refractivity contribution >= 4 is 38.6 Å². The molecule has 1 aromatic carbocycles. The van der Waals surface area contributed by atoms with Gasteiger partial charge in [-0.05, 0) is 43.0 Å². The highest BCUT2D eigenvalue weighted by molar-refractivity contribution is 7.94. The highest BCUT2D eigenvalue weighted by atomic mass is 32.2. The van der Waals surface area contributed by atoms with Gasteiger partial charge in [0.05, 0.1) is 17.4 Å². The fourth-order valence-corrected chi connectivity index (χ4v) is 5.00. The van der Waals surface area contributed by atoms with Crippen molar-refractivity contribution in [3.63, 3.8) is 0 Å². The molecule has 0 saturated carbocycles. The Labute approximate surface area is 166 Å². The predicted molar refractivity (Wildman–Crippen MR) is 106 cm³/mol. The Balaban J connectivity index is 1.51. The number of oxazole rings is 1. The lowest BCUT2D eigenvalue weighted by Gasteiger charge is -2.12. The number of nitrogens with zero attached hydrogens (tertiary/aromatic N) is 1. The number of nitrogens with one attached hydrogen (secondary N) is 3. The van der Waals surface area contributed by atoms with E-state index in [1.807, 2.05) is 0 Å². The lowest BCUT2D eigenvalue weighted by molar-refractivity contribution is 0.102. The number of carbonyl (C=O) groups is 1. The first-order valence-corrected chi connectivity index (χ1v) is 11.0. The number of carbonyl (C=O) groups excluding carboxylic acids is 1. The van der Waals surface area contributed by atoms with Crippen molar-refractivity contribution < 1.29 is 17.6 Å². The Morgan fingerprint density at radius 1 is 1.21 bits per heavy atom. The second kappa shape index (κ2) is 7.74. The Hall–Kier alpha value is -2.69. The minimum Gasteiger partial charge on any atom is -0.446 e. The molecule has 3 N–H and O–H groups in total. The minimum atomic E-state index is -3.73. The summed E-state index contributed by atoms with van der Waals surface area (Å²) in [6, 6.07) is 9.78. The fraction of sp³-hybridized carbons (Fsp3) is 0.222. The van der Waals surface area contributed by atoms with E-state index in [2.05, 4.69) is 20.3 Å². The van der Waals surface area contributed by atoms with E-state index in [4.69, 9.17) is 4.42 Å². The van der Waals surface area contributed by atoms with Crippen LogP contribution in [0, 0.1) is 0 Å². The van der Waals surface area contributed by atoms with Gasteiger partial charge in [-0.1, -0.05) is 18.2 Å². The molecule has 1 aliphatic heterocycles. The molecule has 3 aromatic rings. The Kier molecular flexibility index (Phi) is 5.16. The molecule has 0 radical (unpaired) electrons. The van der Waals surface area contributed by atoms with Gasteiger partial charge >= 0.3 is 0 Å². The van der Waals surface area contributed by atoms with Gasteiger partial charge in [-0.15, -0.1) is 11.3 Å². The van der Waals surface area contributed by atoms with Gasteiger partial charge in [0.2, 0.25) is 5.89 Å². The van der Waals surface area contributed by atoms with Crippen LogP contribution in [-0.2, 0) is 10.0 Å². The summed E-state index contributed by atoms with van der Waals surface area (Å²) in [7, 11) is -3.73. The Bertz CT molecular complexity index is 1070. The van der Waals surface area contributed by atoms with Crippen molar-refractivity contribution in [2.45, 2.75) is 23.1 Å². The number of aromatic nitrogens is 1. The van der Waals surface area contributed by atoms with Gasteiger partial charge in [0, 0.05) is 0 Å². The first-order valence-electron chi connectivity index (χ1n) is 8.68. The van der Waals surface area contributed by atoms with Gasteiger partial charge in [-0.25, -0.2) is 13.4 Å². The molecule has 1 aliphatic rings. The van der Waals surface area contributed by atoms with Crippen LogP contribution in [0.1, 0.15) is 35.3 Å². The van der Waals surface area contributed by atoms with Gasteiger partial charge in [0.25, 0.3) is 15.9 Å². The van der Waals surface area contributed by atoms with Crippen LogP contribution >= 0.6 is 11.3 Å². The highest BCUT2D eigenvalue weighted by Crippen LogP contribution is 2.27. The maximum atomic E-state index is 12.6. The van der Waals surface area contributed by atoms with Gasteiger partial charge in [-0.3, -0.25) is 9.52 Å². The van der Waals surface area contributed by atoms with Gasteiger partial charge in [-0.2, -0.15) is 0 Å². The van der Waals surface area contributed by atoms with Crippen molar-refractivity contribution in [1.82, 2.24) is 10.3 Å². The van der Waals surface area contributed by atoms with Gasteiger partial charge in [0.15, 0.2) is 5.69 Å². The molecule has 0 spiro atoms. The summed E-state index contributed by atoms with van der Waals surface area (Å²) in [5, 5.41) is 7.64. The molecule has 1 fully saturated rings. The van der Waals surface area contributed by atoms with Crippen molar-refractivity contribution in [3.8, 4) is 0 Å². The molecule has 146 valence electrons. The second-order valence-electron chi connectivity index (χ2n) is 6.26. The zero-order valence-corrected chi connectivity index (χ0v) is 16.3. The van der Waals surface area contributed by atoms with E-state index in [0.717, 1.165) is 30.7 Å². The van der Waals surface area contributed by atoms with Crippen LogP contribution in [0.5, 0.6) is 0 Å². The maximum absolute atomic E-state index is 12.6. The largest absolute Gasteiger partial charge is 0.446 e. The van der Waals surface area contributed by atoms with E-state index in [-0.39, 0.29) is 21.6 Å². The monoisotopic (exact) mass is 418 g/mol. The number of hydrogen-bond acceptors (Lipinski definition) is 7. The molecule has 1 amide bonds. The van der Waals surface area contributed by atoms with Crippen LogP contribution in [0.2, 0.25) is 0 Å². The minimum absolute atomic E-state index is 0.0199. The Morgan fingerprint density at radius 2 is 2.04 bits per heavy atom. The molecule has 3 heterocycles. The summed E-state index contributed by atoms with van der Waals surface area (Å²) >= 11 is 1.11. The maximum Gasteiger partial charge on any atom is 0.277 e. The third kappa shape index (κ3) is 3.93. The van der Waals surface area contributed by atoms with Crippen LogP contribution in [0.15, 0.2) is 56.7 Å². The van der Waals surface area contributed by atoms with E-state index in [0.29, 0.717) is 11.6 Å². The zero-order chi connectivity index (χ0) is 19.6. The summed E-state index contributed by atoms with van der Waals surface area (Å²) in [5.41, 5.74) is 0.737.